The van der Waals surface area contributed by atoms with Gasteiger partial charge in [0.15, 0.2) is 9.84 Å². The highest BCUT2D eigenvalue weighted by molar-refractivity contribution is 7.92. The molecule has 1 unspecified atom stereocenters. The number of aliphatic hydroxyl groups excluding tert-OH is 1. The second-order valence-corrected chi connectivity index (χ2v) is 15.1. The smallest absolute Gasteiger partial charge is 0.315 e. The van der Waals surface area contributed by atoms with E-state index < -0.39 is 62.6 Å². The van der Waals surface area contributed by atoms with Crippen molar-refractivity contribution in [2.75, 3.05) is 19.3 Å². The first kappa shape index (κ1) is 40.6. The highest BCUT2D eigenvalue weighted by atomic mass is 32.2. The minimum Gasteiger partial charge on any atom is -0.390 e. The molecule has 50 heavy (non-hydrogen) atoms. The number of amides is 3. The Labute approximate surface area is 295 Å². The summed E-state index contributed by atoms with van der Waals surface area (Å²) in [5.74, 6) is -2.79. The largest absolute Gasteiger partial charge is 0.390 e. The summed E-state index contributed by atoms with van der Waals surface area (Å²) in [6.07, 6.45) is 1.69. The summed E-state index contributed by atoms with van der Waals surface area (Å²) in [5, 5.41) is 19.1. The van der Waals surface area contributed by atoms with Crippen molar-refractivity contribution in [3.05, 3.63) is 107 Å². The zero-order valence-corrected chi connectivity index (χ0v) is 30.3. The van der Waals surface area contributed by atoms with Gasteiger partial charge in [-0.3, -0.25) is 4.79 Å². The van der Waals surface area contributed by atoms with Crippen molar-refractivity contribution >= 4 is 21.8 Å². The summed E-state index contributed by atoms with van der Waals surface area (Å²) in [4.78, 5) is 29.1. The number of carbonyl (C=O) groups excluding carboxylic acids is 2. The Balaban J connectivity index is 1.97. The SMILES string of the molecule is CCCC(CCC)S(=O)(=O)CC(NC(=O)NCc1ccccc1)C(=O)N(Cc1cccc(CC)c1)C[C@@H](O)[C@H](Cc1cc(F)cc(F)c1)NC. The molecule has 9 nitrogen and oxygen atoms in total. The normalized spacial score (nSPS) is 13.4. The lowest BCUT2D eigenvalue weighted by atomic mass is 10.00. The number of aliphatic hydroxyl groups is 1. The monoisotopic (exact) mass is 714 g/mol. The summed E-state index contributed by atoms with van der Waals surface area (Å²) in [7, 11) is -2.26. The van der Waals surface area contributed by atoms with Crippen LogP contribution in [0.1, 0.15) is 68.7 Å². The lowest BCUT2D eigenvalue weighted by molar-refractivity contribution is -0.135. The lowest BCUT2D eigenvalue weighted by Crippen LogP contribution is -2.56. The first-order chi connectivity index (χ1) is 23.9. The van der Waals surface area contributed by atoms with Gasteiger partial charge in [0.2, 0.25) is 5.91 Å². The van der Waals surface area contributed by atoms with Crippen LogP contribution in [0.3, 0.4) is 0 Å². The summed E-state index contributed by atoms with van der Waals surface area (Å²) in [5.41, 5.74) is 2.91. The van der Waals surface area contributed by atoms with E-state index in [2.05, 4.69) is 16.0 Å². The fourth-order valence-corrected chi connectivity index (χ4v) is 8.22. The van der Waals surface area contributed by atoms with Crippen molar-refractivity contribution < 1.29 is 31.9 Å². The molecule has 4 N–H and O–H groups in total. The molecule has 3 atom stereocenters. The van der Waals surface area contributed by atoms with Gasteiger partial charge in [0, 0.05) is 31.7 Å². The van der Waals surface area contributed by atoms with Crippen molar-refractivity contribution in [2.45, 2.75) is 95.8 Å². The molecule has 0 bridgehead atoms. The molecular weight excluding hydrogens is 663 g/mol. The lowest BCUT2D eigenvalue weighted by Gasteiger charge is -2.33. The van der Waals surface area contributed by atoms with Crippen LogP contribution in [0.5, 0.6) is 0 Å². The van der Waals surface area contributed by atoms with E-state index in [4.69, 9.17) is 0 Å². The van der Waals surface area contributed by atoms with Gasteiger partial charge >= 0.3 is 6.03 Å². The number of urea groups is 1. The maximum Gasteiger partial charge on any atom is 0.315 e. The number of aryl methyl sites for hydroxylation is 1. The maximum absolute atomic E-state index is 14.5. The van der Waals surface area contributed by atoms with Gasteiger partial charge in [0.05, 0.1) is 17.1 Å². The van der Waals surface area contributed by atoms with Crippen molar-refractivity contribution in [3.63, 3.8) is 0 Å². The highest BCUT2D eigenvalue weighted by Gasteiger charge is 2.36. The topological polar surface area (TPSA) is 128 Å². The molecule has 0 aliphatic heterocycles. The quantitative estimate of drug-likeness (QED) is 0.126. The summed E-state index contributed by atoms with van der Waals surface area (Å²) in [6, 6.07) is 17.0. The number of rotatable bonds is 20. The molecule has 0 fully saturated rings. The third-order valence-electron chi connectivity index (χ3n) is 8.73. The van der Waals surface area contributed by atoms with Crippen molar-refractivity contribution in [3.8, 4) is 0 Å². The number of likely N-dealkylation sites (N-methyl/N-ethyl adjacent to an activating group) is 1. The number of hydrogen-bond donors (Lipinski definition) is 4. The van der Waals surface area contributed by atoms with Crippen molar-refractivity contribution in [2.24, 2.45) is 0 Å². The van der Waals surface area contributed by atoms with Gasteiger partial charge < -0.3 is 26.0 Å². The van der Waals surface area contributed by atoms with E-state index in [1.54, 1.807) is 7.05 Å². The van der Waals surface area contributed by atoms with E-state index in [0.717, 1.165) is 29.2 Å². The molecule has 3 amide bonds. The second kappa shape index (κ2) is 20.1. The van der Waals surface area contributed by atoms with E-state index in [1.165, 1.54) is 17.0 Å². The van der Waals surface area contributed by atoms with Crippen LogP contribution in [0.4, 0.5) is 13.6 Å². The highest BCUT2D eigenvalue weighted by Crippen LogP contribution is 2.19. The molecule has 0 aliphatic rings. The summed E-state index contributed by atoms with van der Waals surface area (Å²) in [6.45, 7) is 5.73. The number of hydrogen-bond acceptors (Lipinski definition) is 6. The Kier molecular flexibility index (Phi) is 16.3. The maximum atomic E-state index is 14.5. The Bertz CT molecular complexity index is 1600. The van der Waals surface area contributed by atoms with Crippen molar-refractivity contribution in [1.82, 2.24) is 20.9 Å². The average molecular weight is 715 g/mol. The predicted molar refractivity (Wildman–Crippen MR) is 193 cm³/mol. The molecule has 3 aromatic carbocycles. The number of halogens is 2. The van der Waals surface area contributed by atoms with Crippen LogP contribution in [0, 0.1) is 11.6 Å². The van der Waals surface area contributed by atoms with Crippen LogP contribution in [0.25, 0.3) is 0 Å². The van der Waals surface area contributed by atoms with Crippen LogP contribution in [-0.4, -0.2) is 73.1 Å². The van der Waals surface area contributed by atoms with E-state index in [0.29, 0.717) is 31.2 Å². The Hall–Kier alpha value is -3.87. The second-order valence-electron chi connectivity index (χ2n) is 12.7. The van der Waals surface area contributed by atoms with Gasteiger partial charge in [0.1, 0.15) is 17.7 Å². The molecular formula is C38H52F2N4O5S. The van der Waals surface area contributed by atoms with Crippen LogP contribution < -0.4 is 16.0 Å². The average Bonchev–Trinajstić information content (AvgIpc) is 3.08. The molecule has 3 rings (SSSR count). The van der Waals surface area contributed by atoms with Crippen LogP contribution in [0.2, 0.25) is 0 Å². The molecule has 0 saturated heterocycles. The third kappa shape index (κ3) is 12.8. The van der Waals surface area contributed by atoms with E-state index in [1.807, 2.05) is 75.4 Å². The summed E-state index contributed by atoms with van der Waals surface area (Å²) < 4.78 is 55.6. The number of carbonyl (C=O) groups is 2. The predicted octanol–water partition coefficient (Wildman–Crippen LogP) is 5.30. The van der Waals surface area contributed by atoms with Crippen LogP contribution in [-0.2, 0) is 40.6 Å². The minimum atomic E-state index is -3.85. The fourth-order valence-electron chi connectivity index (χ4n) is 6.07. The van der Waals surface area contributed by atoms with Crippen LogP contribution in [0.15, 0.2) is 72.8 Å². The number of benzene rings is 3. The zero-order valence-electron chi connectivity index (χ0n) is 29.5. The molecule has 3 aromatic rings. The molecule has 0 radical (unpaired) electrons. The van der Waals surface area contributed by atoms with E-state index >= 15 is 0 Å². The van der Waals surface area contributed by atoms with Gasteiger partial charge in [-0.05, 0) is 67.1 Å². The van der Waals surface area contributed by atoms with Crippen LogP contribution >= 0.6 is 0 Å². The number of nitrogens with one attached hydrogen (secondary N) is 3. The van der Waals surface area contributed by atoms with E-state index in [-0.39, 0.29) is 26.1 Å². The number of sulfone groups is 1. The first-order valence-electron chi connectivity index (χ1n) is 17.4. The fraction of sp³-hybridized carbons (Fsp3) is 0.474. The first-order valence-corrected chi connectivity index (χ1v) is 19.1. The minimum absolute atomic E-state index is 0.0198. The molecule has 12 heteroatoms. The molecule has 0 spiro atoms. The van der Waals surface area contributed by atoms with Crippen molar-refractivity contribution in [1.29, 1.82) is 0 Å². The molecule has 0 heterocycles. The Morgan fingerprint density at radius 3 is 2.06 bits per heavy atom. The molecule has 0 saturated carbocycles. The van der Waals surface area contributed by atoms with E-state index in [9.17, 15) is 31.9 Å². The Morgan fingerprint density at radius 1 is 0.840 bits per heavy atom. The van der Waals surface area contributed by atoms with Gasteiger partial charge in [-0.2, -0.15) is 0 Å². The van der Waals surface area contributed by atoms with Gasteiger partial charge in [-0.25, -0.2) is 22.0 Å². The summed E-state index contributed by atoms with van der Waals surface area (Å²) >= 11 is 0. The number of nitrogens with zero attached hydrogens (tertiary/aromatic N) is 1. The van der Waals surface area contributed by atoms with Gasteiger partial charge in [0.25, 0.3) is 0 Å². The zero-order chi connectivity index (χ0) is 36.7. The van der Waals surface area contributed by atoms with Gasteiger partial charge in [-0.1, -0.05) is 88.2 Å². The Morgan fingerprint density at radius 2 is 1.46 bits per heavy atom. The molecule has 0 aromatic heterocycles. The standard InChI is InChI=1S/C38H52F2N4O5S/c1-5-12-33(13-6-2)50(48,49)26-35(43-38(47)42-23-28-14-9-8-10-15-28)37(46)44(24-29-17-11-16-27(7-3)18-29)25-36(45)34(41-4)21-30-19-31(39)22-32(40)20-30/h8-11,14-20,22,33-36,41,45H,5-7,12-13,21,23-26H2,1-4H3,(H2,42,43,47)/t34-,35?,36+/m0/s1. The van der Waals surface area contributed by atoms with Gasteiger partial charge in [-0.15, -0.1) is 0 Å². The third-order valence-corrected chi connectivity index (χ3v) is 11.0. The molecule has 0 aliphatic carbocycles. The molecule has 274 valence electrons.